The summed E-state index contributed by atoms with van der Waals surface area (Å²) >= 11 is 0. The van der Waals surface area contributed by atoms with Gasteiger partial charge in [-0.1, -0.05) is 25.1 Å². The molecule has 0 aliphatic carbocycles. The second kappa shape index (κ2) is 6.25. The number of rotatable bonds is 6. The summed E-state index contributed by atoms with van der Waals surface area (Å²) in [5, 5.41) is 12.1. The maximum atomic E-state index is 10.8. The van der Waals surface area contributed by atoms with Gasteiger partial charge in [-0.05, 0) is 26.5 Å². The Kier molecular flexibility index (Phi) is 4.97. The Hall–Kier alpha value is -1.55. The first-order chi connectivity index (χ1) is 8.06. The Labute approximate surface area is 102 Å². The van der Waals surface area contributed by atoms with Crippen molar-refractivity contribution in [3.63, 3.8) is 0 Å². The van der Waals surface area contributed by atoms with Crippen LogP contribution in [0.25, 0.3) is 0 Å². The zero-order valence-electron chi connectivity index (χ0n) is 10.4. The van der Waals surface area contributed by atoms with E-state index in [9.17, 15) is 4.79 Å². The molecule has 0 radical (unpaired) electrons. The molecule has 0 bridgehead atoms. The van der Waals surface area contributed by atoms with Crippen LogP contribution in [0.1, 0.15) is 32.4 Å². The summed E-state index contributed by atoms with van der Waals surface area (Å²) in [7, 11) is 0. The lowest BCUT2D eigenvalue weighted by Gasteiger charge is -2.19. The monoisotopic (exact) mass is 237 g/mol. The number of para-hydroxylation sites is 1. The second-order valence-electron chi connectivity index (χ2n) is 3.92. The normalized spacial score (nSPS) is 14.1. The number of aliphatic carboxylic acids is 1. The van der Waals surface area contributed by atoms with Crippen molar-refractivity contribution in [1.82, 2.24) is 5.32 Å². The van der Waals surface area contributed by atoms with Gasteiger partial charge in [-0.2, -0.15) is 0 Å². The van der Waals surface area contributed by atoms with Gasteiger partial charge in [0.1, 0.15) is 5.75 Å². The van der Waals surface area contributed by atoms with Crippen LogP contribution < -0.4 is 10.1 Å². The lowest BCUT2D eigenvalue weighted by Crippen LogP contribution is -2.25. The maximum Gasteiger partial charge on any atom is 0.344 e. The van der Waals surface area contributed by atoms with Crippen LogP contribution in [-0.4, -0.2) is 23.7 Å². The number of carboxylic acids is 1. The summed E-state index contributed by atoms with van der Waals surface area (Å²) in [6.07, 6.45) is -0.843. The van der Waals surface area contributed by atoms with Gasteiger partial charge in [0.05, 0.1) is 0 Å². The summed E-state index contributed by atoms with van der Waals surface area (Å²) in [5.41, 5.74) is 0.974. The van der Waals surface area contributed by atoms with Crippen molar-refractivity contribution in [2.24, 2.45) is 0 Å². The van der Waals surface area contributed by atoms with E-state index in [1.165, 1.54) is 6.92 Å². The van der Waals surface area contributed by atoms with Crippen molar-refractivity contribution in [1.29, 1.82) is 0 Å². The minimum absolute atomic E-state index is 0.136. The highest BCUT2D eigenvalue weighted by Gasteiger charge is 2.16. The van der Waals surface area contributed by atoms with Crippen LogP contribution in [0, 0.1) is 0 Å². The first-order valence-electron chi connectivity index (χ1n) is 5.78. The molecule has 2 atom stereocenters. The highest BCUT2D eigenvalue weighted by atomic mass is 16.5. The van der Waals surface area contributed by atoms with Gasteiger partial charge in [0, 0.05) is 11.6 Å². The average Bonchev–Trinajstić information content (AvgIpc) is 2.29. The van der Waals surface area contributed by atoms with Gasteiger partial charge in [-0.15, -0.1) is 0 Å². The number of hydrogen-bond acceptors (Lipinski definition) is 3. The summed E-state index contributed by atoms with van der Waals surface area (Å²) in [4.78, 5) is 10.8. The van der Waals surface area contributed by atoms with Crippen LogP contribution in [0.2, 0.25) is 0 Å². The Morgan fingerprint density at radius 1 is 1.41 bits per heavy atom. The fraction of sp³-hybridized carbons (Fsp3) is 0.462. The van der Waals surface area contributed by atoms with E-state index in [0.717, 1.165) is 12.1 Å². The smallest absolute Gasteiger partial charge is 0.344 e. The van der Waals surface area contributed by atoms with Crippen LogP contribution in [-0.2, 0) is 4.79 Å². The molecule has 94 valence electrons. The van der Waals surface area contributed by atoms with Gasteiger partial charge < -0.3 is 15.2 Å². The number of carboxylic acid groups (broad SMARTS) is 1. The Balaban J connectivity index is 2.87. The predicted octanol–water partition coefficient (Wildman–Crippen LogP) is 2.21. The third-order valence-corrected chi connectivity index (χ3v) is 2.55. The Morgan fingerprint density at radius 2 is 2.06 bits per heavy atom. The van der Waals surface area contributed by atoms with Crippen LogP contribution in [0.15, 0.2) is 24.3 Å². The summed E-state index contributed by atoms with van der Waals surface area (Å²) in [6, 6.07) is 7.63. The van der Waals surface area contributed by atoms with Gasteiger partial charge in [0.25, 0.3) is 0 Å². The molecule has 17 heavy (non-hydrogen) atoms. The minimum atomic E-state index is -0.962. The van der Waals surface area contributed by atoms with E-state index in [1.807, 2.05) is 32.0 Å². The molecule has 0 saturated carbocycles. The lowest BCUT2D eigenvalue weighted by molar-refractivity contribution is -0.144. The molecule has 0 fully saturated rings. The second-order valence-corrected chi connectivity index (χ2v) is 3.92. The van der Waals surface area contributed by atoms with E-state index in [-0.39, 0.29) is 6.04 Å². The van der Waals surface area contributed by atoms with Crippen molar-refractivity contribution in [3.8, 4) is 5.75 Å². The van der Waals surface area contributed by atoms with Crippen LogP contribution in [0.4, 0.5) is 0 Å². The molecule has 0 saturated heterocycles. The Morgan fingerprint density at radius 3 is 2.65 bits per heavy atom. The molecule has 1 rings (SSSR count). The van der Waals surface area contributed by atoms with Gasteiger partial charge in [-0.3, -0.25) is 0 Å². The standard InChI is InChI=1S/C13H19NO3/c1-4-14-9(2)11-7-5-6-8-12(11)17-10(3)13(15)16/h5-10,14H,4H2,1-3H3,(H,15,16). The van der Waals surface area contributed by atoms with Crippen LogP contribution in [0.5, 0.6) is 5.75 Å². The largest absolute Gasteiger partial charge is 0.479 e. The third-order valence-electron chi connectivity index (χ3n) is 2.55. The number of benzene rings is 1. The SMILES string of the molecule is CCNC(C)c1ccccc1OC(C)C(=O)O. The summed E-state index contributed by atoms with van der Waals surface area (Å²) in [5.74, 6) is -0.341. The van der Waals surface area contributed by atoms with Crippen LogP contribution >= 0.6 is 0 Å². The average molecular weight is 237 g/mol. The summed E-state index contributed by atoms with van der Waals surface area (Å²) in [6.45, 7) is 6.43. The van der Waals surface area contributed by atoms with Crippen molar-refractivity contribution in [3.05, 3.63) is 29.8 Å². The highest BCUT2D eigenvalue weighted by molar-refractivity contribution is 5.72. The van der Waals surface area contributed by atoms with Crippen LogP contribution in [0.3, 0.4) is 0 Å². The van der Waals surface area contributed by atoms with Gasteiger partial charge in [0.15, 0.2) is 6.10 Å². The highest BCUT2D eigenvalue weighted by Crippen LogP contribution is 2.25. The quantitative estimate of drug-likeness (QED) is 0.796. The van der Waals surface area contributed by atoms with E-state index in [0.29, 0.717) is 5.75 Å². The molecular weight excluding hydrogens is 218 g/mol. The molecule has 2 N–H and O–H groups in total. The van der Waals surface area contributed by atoms with E-state index in [4.69, 9.17) is 9.84 Å². The molecule has 4 nitrogen and oxygen atoms in total. The van der Waals surface area contributed by atoms with Crippen molar-refractivity contribution in [2.75, 3.05) is 6.54 Å². The molecule has 0 aromatic heterocycles. The van der Waals surface area contributed by atoms with Crippen molar-refractivity contribution in [2.45, 2.75) is 32.9 Å². The molecule has 4 heteroatoms. The van der Waals surface area contributed by atoms with Crippen molar-refractivity contribution < 1.29 is 14.6 Å². The van der Waals surface area contributed by atoms with Gasteiger partial charge >= 0.3 is 5.97 Å². The van der Waals surface area contributed by atoms with E-state index >= 15 is 0 Å². The third kappa shape index (κ3) is 3.75. The molecule has 2 unspecified atom stereocenters. The lowest BCUT2D eigenvalue weighted by atomic mass is 10.1. The minimum Gasteiger partial charge on any atom is -0.479 e. The van der Waals surface area contributed by atoms with Crippen molar-refractivity contribution >= 4 is 5.97 Å². The molecule has 0 aliphatic heterocycles. The fourth-order valence-electron chi connectivity index (χ4n) is 1.60. The first-order valence-corrected chi connectivity index (χ1v) is 5.78. The topological polar surface area (TPSA) is 58.6 Å². The fourth-order valence-corrected chi connectivity index (χ4v) is 1.60. The number of ether oxygens (including phenoxy) is 1. The summed E-state index contributed by atoms with van der Waals surface area (Å²) < 4.78 is 5.43. The maximum absolute atomic E-state index is 10.8. The molecule has 0 aliphatic rings. The predicted molar refractivity (Wildman–Crippen MR) is 66.3 cm³/mol. The molecular formula is C13H19NO3. The molecule has 0 amide bonds. The number of carbonyl (C=O) groups is 1. The zero-order chi connectivity index (χ0) is 12.8. The van der Waals surface area contributed by atoms with Gasteiger partial charge in [0.2, 0.25) is 0 Å². The van der Waals surface area contributed by atoms with Gasteiger partial charge in [-0.25, -0.2) is 4.79 Å². The molecule has 1 aromatic rings. The number of nitrogens with one attached hydrogen (secondary N) is 1. The molecule has 0 spiro atoms. The zero-order valence-corrected chi connectivity index (χ0v) is 10.4. The van der Waals surface area contributed by atoms with E-state index < -0.39 is 12.1 Å². The molecule has 1 aromatic carbocycles. The Bertz CT molecular complexity index is 379. The first kappa shape index (κ1) is 13.5. The number of hydrogen-bond donors (Lipinski definition) is 2. The molecule has 0 heterocycles. The van der Waals surface area contributed by atoms with E-state index in [1.54, 1.807) is 6.07 Å². The van der Waals surface area contributed by atoms with E-state index in [2.05, 4.69) is 5.32 Å².